The van der Waals surface area contributed by atoms with Gasteiger partial charge < -0.3 is 14.8 Å². The third-order valence-corrected chi connectivity index (χ3v) is 4.79. The minimum absolute atomic E-state index is 0.188. The average molecular weight is 303 g/mol. The van der Waals surface area contributed by atoms with Crippen molar-refractivity contribution in [1.29, 1.82) is 0 Å². The zero-order valence-electron chi connectivity index (χ0n) is 12.7. The Bertz CT molecular complexity index is 540. The molecule has 118 valence electrons. The van der Waals surface area contributed by atoms with E-state index in [2.05, 4.69) is 5.32 Å². The summed E-state index contributed by atoms with van der Waals surface area (Å²) >= 11 is 0. The van der Waals surface area contributed by atoms with Gasteiger partial charge in [0.15, 0.2) is 0 Å². The number of methoxy groups -OCH3 is 1. The fourth-order valence-corrected chi connectivity index (χ4v) is 3.58. The first kappa shape index (κ1) is 14.9. The van der Waals surface area contributed by atoms with Crippen LogP contribution in [0.4, 0.5) is 4.79 Å². The van der Waals surface area contributed by atoms with Gasteiger partial charge in [-0.1, -0.05) is 30.3 Å². The lowest BCUT2D eigenvalue weighted by molar-refractivity contribution is -0.152. The highest BCUT2D eigenvalue weighted by molar-refractivity contribution is 5.81. The lowest BCUT2D eigenvalue weighted by Gasteiger charge is -2.62. The molecule has 1 unspecified atom stereocenters. The molecule has 0 aliphatic heterocycles. The molecule has 0 aromatic heterocycles. The number of hydrogen-bond acceptors (Lipinski definition) is 4. The molecule has 3 fully saturated rings. The maximum atomic E-state index is 11.9. The van der Waals surface area contributed by atoms with Crippen molar-refractivity contribution in [1.82, 2.24) is 5.32 Å². The summed E-state index contributed by atoms with van der Waals surface area (Å²) in [5, 5.41) is 2.65. The molecule has 1 aromatic rings. The molecule has 3 aliphatic carbocycles. The SMILES string of the molecule is COC(=O)C(CC12CC(C1)C2)NC(=O)OCc1ccccc1. The van der Waals surface area contributed by atoms with Crippen LogP contribution in [-0.4, -0.2) is 25.2 Å². The van der Waals surface area contributed by atoms with Crippen LogP contribution in [0.3, 0.4) is 0 Å². The second-order valence-corrected chi connectivity index (χ2v) is 6.46. The Balaban J connectivity index is 1.50. The van der Waals surface area contributed by atoms with Gasteiger partial charge in [0, 0.05) is 0 Å². The highest BCUT2D eigenvalue weighted by atomic mass is 16.6. The van der Waals surface area contributed by atoms with Crippen molar-refractivity contribution in [3.05, 3.63) is 35.9 Å². The Morgan fingerprint density at radius 1 is 1.27 bits per heavy atom. The number of carbonyl (C=O) groups is 2. The first-order valence-electron chi connectivity index (χ1n) is 7.65. The van der Waals surface area contributed by atoms with Crippen molar-refractivity contribution in [2.45, 2.75) is 38.3 Å². The van der Waals surface area contributed by atoms with Crippen molar-refractivity contribution in [2.75, 3.05) is 7.11 Å². The van der Waals surface area contributed by atoms with Crippen LogP contribution in [-0.2, 0) is 20.9 Å². The Morgan fingerprint density at radius 2 is 1.95 bits per heavy atom. The van der Waals surface area contributed by atoms with Crippen molar-refractivity contribution in [3.63, 3.8) is 0 Å². The maximum absolute atomic E-state index is 11.9. The molecular weight excluding hydrogens is 282 g/mol. The Hall–Kier alpha value is -2.04. The van der Waals surface area contributed by atoms with Crippen LogP contribution in [0.5, 0.6) is 0 Å². The summed E-state index contributed by atoms with van der Waals surface area (Å²) in [5.41, 5.74) is 1.16. The van der Waals surface area contributed by atoms with Crippen molar-refractivity contribution in [3.8, 4) is 0 Å². The van der Waals surface area contributed by atoms with E-state index < -0.39 is 18.1 Å². The van der Waals surface area contributed by atoms with Gasteiger partial charge in [-0.3, -0.25) is 0 Å². The summed E-state index contributed by atoms with van der Waals surface area (Å²) in [6.07, 6.45) is 3.58. The Kier molecular flexibility index (Phi) is 4.05. The zero-order chi connectivity index (χ0) is 15.6. The van der Waals surface area contributed by atoms with Crippen molar-refractivity contribution in [2.24, 2.45) is 11.3 Å². The number of alkyl carbamates (subject to hydrolysis) is 1. The first-order valence-corrected chi connectivity index (χ1v) is 7.65. The Morgan fingerprint density at radius 3 is 2.50 bits per heavy atom. The van der Waals surface area contributed by atoms with E-state index in [0.29, 0.717) is 6.42 Å². The van der Waals surface area contributed by atoms with Crippen LogP contribution in [0.15, 0.2) is 30.3 Å². The van der Waals surface area contributed by atoms with Gasteiger partial charge in [-0.05, 0) is 42.6 Å². The Labute approximate surface area is 130 Å². The number of amides is 1. The first-order chi connectivity index (χ1) is 10.6. The average Bonchev–Trinajstić information content (AvgIpc) is 2.46. The number of rotatable bonds is 6. The highest BCUT2D eigenvalue weighted by Gasteiger charge is 2.57. The van der Waals surface area contributed by atoms with Gasteiger partial charge in [-0.15, -0.1) is 0 Å². The van der Waals surface area contributed by atoms with Crippen molar-refractivity contribution < 1.29 is 19.1 Å². The smallest absolute Gasteiger partial charge is 0.408 e. The van der Waals surface area contributed by atoms with Crippen LogP contribution in [0, 0.1) is 11.3 Å². The number of carbonyl (C=O) groups excluding carboxylic acids is 2. The van der Waals surface area contributed by atoms with Crippen LogP contribution >= 0.6 is 0 Å². The predicted molar refractivity (Wildman–Crippen MR) is 80.0 cm³/mol. The van der Waals surface area contributed by atoms with E-state index >= 15 is 0 Å². The standard InChI is InChI=1S/C17H21NO4/c1-21-15(19)14(10-17-7-13(8-17)9-17)18-16(20)22-11-12-5-3-2-4-6-12/h2-6,13-14H,7-11H2,1H3,(H,18,20). The number of esters is 1. The molecule has 2 bridgehead atoms. The van der Waals surface area contributed by atoms with Crippen molar-refractivity contribution >= 4 is 12.1 Å². The van der Waals surface area contributed by atoms with Crippen LogP contribution in [0.25, 0.3) is 0 Å². The second-order valence-electron chi connectivity index (χ2n) is 6.46. The molecule has 1 atom stereocenters. The van der Waals surface area contributed by atoms with E-state index in [4.69, 9.17) is 9.47 Å². The summed E-state index contributed by atoms with van der Waals surface area (Å²) in [5.74, 6) is 0.435. The molecule has 3 aliphatic rings. The molecule has 0 heterocycles. The van der Waals surface area contributed by atoms with Crippen LogP contribution in [0.2, 0.25) is 0 Å². The van der Waals surface area contributed by atoms with Gasteiger partial charge in [0.1, 0.15) is 12.6 Å². The summed E-state index contributed by atoms with van der Waals surface area (Å²) in [7, 11) is 1.34. The van der Waals surface area contributed by atoms with E-state index in [1.165, 1.54) is 26.4 Å². The fourth-order valence-electron chi connectivity index (χ4n) is 3.58. The predicted octanol–water partition coefficient (Wildman–Crippen LogP) is 2.64. The van der Waals surface area contributed by atoms with E-state index in [1.807, 2.05) is 30.3 Å². The normalized spacial score (nSPS) is 26.1. The molecule has 4 rings (SSSR count). The second kappa shape index (κ2) is 5.99. The third-order valence-electron chi connectivity index (χ3n) is 4.79. The van der Waals surface area contributed by atoms with Crippen LogP contribution in [0.1, 0.15) is 31.2 Å². The molecule has 22 heavy (non-hydrogen) atoms. The van der Waals surface area contributed by atoms with Gasteiger partial charge in [0.25, 0.3) is 0 Å². The van der Waals surface area contributed by atoms with Gasteiger partial charge in [0.2, 0.25) is 0 Å². The highest BCUT2D eigenvalue weighted by Crippen LogP contribution is 2.66. The molecule has 1 amide bonds. The molecule has 1 N–H and O–H groups in total. The quantitative estimate of drug-likeness (QED) is 0.821. The molecule has 0 radical (unpaired) electrons. The molecule has 0 saturated heterocycles. The number of hydrogen-bond donors (Lipinski definition) is 1. The number of benzene rings is 1. The summed E-state index contributed by atoms with van der Waals surface area (Å²) < 4.78 is 9.97. The summed E-state index contributed by atoms with van der Waals surface area (Å²) in [4.78, 5) is 23.8. The molecule has 0 spiro atoms. The summed E-state index contributed by atoms with van der Waals surface area (Å²) in [6, 6.07) is 8.82. The topological polar surface area (TPSA) is 64.6 Å². The van der Waals surface area contributed by atoms with Gasteiger partial charge in [-0.25, -0.2) is 9.59 Å². The third kappa shape index (κ3) is 3.08. The van der Waals surface area contributed by atoms with E-state index in [1.54, 1.807) is 0 Å². The van der Waals surface area contributed by atoms with E-state index in [-0.39, 0.29) is 12.0 Å². The number of ether oxygens (including phenoxy) is 2. The minimum atomic E-state index is -0.616. The van der Waals surface area contributed by atoms with Crippen LogP contribution < -0.4 is 5.32 Å². The zero-order valence-corrected chi connectivity index (χ0v) is 12.7. The van der Waals surface area contributed by atoms with Gasteiger partial charge in [0.05, 0.1) is 7.11 Å². The molecule has 5 nitrogen and oxygen atoms in total. The lowest BCUT2D eigenvalue weighted by atomic mass is 9.43. The molecule has 1 aromatic carbocycles. The largest absolute Gasteiger partial charge is 0.467 e. The monoisotopic (exact) mass is 303 g/mol. The number of nitrogens with one attached hydrogen (secondary N) is 1. The molecule has 5 heteroatoms. The maximum Gasteiger partial charge on any atom is 0.408 e. The van der Waals surface area contributed by atoms with E-state index in [9.17, 15) is 9.59 Å². The minimum Gasteiger partial charge on any atom is -0.467 e. The fraction of sp³-hybridized carbons (Fsp3) is 0.529. The lowest BCUT2D eigenvalue weighted by Crippen LogP contribution is -2.56. The van der Waals surface area contributed by atoms with Gasteiger partial charge in [-0.2, -0.15) is 0 Å². The van der Waals surface area contributed by atoms with Gasteiger partial charge >= 0.3 is 12.1 Å². The summed E-state index contributed by atoms with van der Waals surface area (Å²) in [6.45, 7) is 0.188. The molecular formula is C17H21NO4. The van der Waals surface area contributed by atoms with E-state index in [0.717, 1.165) is 11.5 Å². The molecule has 3 saturated carbocycles.